The molecule has 0 bridgehead atoms. The molecule has 0 aliphatic heterocycles. The summed E-state index contributed by atoms with van der Waals surface area (Å²) in [6, 6.07) is 0. The number of hydrogen-bond acceptors (Lipinski definition) is 5. The first-order chi connectivity index (χ1) is 7.56. The van der Waals surface area contributed by atoms with E-state index >= 15 is 0 Å². The van der Waals surface area contributed by atoms with Crippen molar-refractivity contribution < 1.29 is 52.6 Å². The summed E-state index contributed by atoms with van der Waals surface area (Å²) in [5, 5.41) is -12.7. The van der Waals surface area contributed by atoms with Gasteiger partial charge in [-0.1, -0.05) is 0 Å². The highest BCUT2D eigenvalue weighted by Crippen LogP contribution is 2.49. The molecule has 110 valence electrons. The molecule has 0 saturated heterocycles. The van der Waals surface area contributed by atoms with Crippen molar-refractivity contribution >= 4 is 20.2 Å². The molecule has 0 fully saturated rings. The molecule has 0 aliphatic carbocycles. The van der Waals surface area contributed by atoms with Gasteiger partial charge < -0.3 is 4.74 Å². The zero-order chi connectivity index (χ0) is 15.2. The van der Waals surface area contributed by atoms with Crippen molar-refractivity contribution in [3.63, 3.8) is 0 Å². The molecule has 0 aliphatic rings. The first-order valence-corrected chi connectivity index (χ1v) is 6.38. The highest BCUT2D eigenvalue weighted by atomic mass is 32.2. The lowest BCUT2D eigenvalue weighted by atomic mass is 10.3. The fraction of sp³-hybridized carbons (Fsp3) is 1.00. The SMILES string of the molecule is COC(F)(C(F)(F)S(=O)(=O)O)C(F)(F)S(=O)(=O)O. The van der Waals surface area contributed by atoms with E-state index in [0.29, 0.717) is 0 Å². The van der Waals surface area contributed by atoms with Gasteiger partial charge in [0.15, 0.2) is 0 Å². The van der Waals surface area contributed by atoms with Crippen LogP contribution in [0.1, 0.15) is 0 Å². The molecule has 0 aromatic rings. The molecule has 0 rings (SSSR count). The molecule has 18 heavy (non-hydrogen) atoms. The van der Waals surface area contributed by atoms with Crippen molar-refractivity contribution in [2.24, 2.45) is 0 Å². The summed E-state index contributed by atoms with van der Waals surface area (Å²) in [5.41, 5.74) is 0. The van der Waals surface area contributed by atoms with E-state index in [1.165, 1.54) is 0 Å². The van der Waals surface area contributed by atoms with E-state index in [0.717, 1.165) is 0 Å². The minimum atomic E-state index is -6.80. The van der Waals surface area contributed by atoms with E-state index in [-0.39, 0.29) is 7.11 Å². The molecule has 7 nitrogen and oxygen atoms in total. The average molecular weight is 324 g/mol. The van der Waals surface area contributed by atoms with E-state index in [4.69, 9.17) is 9.11 Å². The van der Waals surface area contributed by atoms with Gasteiger partial charge in [-0.25, -0.2) is 0 Å². The Hall–Kier alpha value is -0.570. The van der Waals surface area contributed by atoms with Crippen LogP contribution < -0.4 is 0 Å². The Balaban J connectivity index is 6.31. The fourth-order valence-corrected chi connectivity index (χ4v) is 1.89. The lowest BCUT2D eigenvalue weighted by molar-refractivity contribution is -0.302. The van der Waals surface area contributed by atoms with Gasteiger partial charge >= 0.3 is 36.6 Å². The van der Waals surface area contributed by atoms with Crippen molar-refractivity contribution in [1.29, 1.82) is 0 Å². The van der Waals surface area contributed by atoms with Crippen molar-refractivity contribution in [2.75, 3.05) is 7.11 Å². The van der Waals surface area contributed by atoms with Crippen LogP contribution in [0.5, 0.6) is 0 Å². The van der Waals surface area contributed by atoms with Crippen LogP contribution in [-0.2, 0) is 25.0 Å². The van der Waals surface area contributed by atoms with Crippen molar-refractivity contribution in [2.45, 2.75) is 16.4 Å². The predicted molar refractivity (Wildman–Crippen MR) is 43.8 cm³/mol. The third-order valence-electron chi connectivity index (χ3n) is 1.68. The van der Waals surface area contributed by atoms with Crippen LogP contribution in [0.3, 0.4) is 0 Å². The van der Waals surface area contributed by atoms with E-state index in [9.17, 15) is 38.8 Å². The molecular weight excluding hydrogens is 319 g/mol. The zero-order valence-electron chi connectivity index (χ0n) is 8.14. The maximum atomic E-state index is 13.3. The van der Waals surface area contributed by atoms with E-state index < -0.39 is 36.6 Å². The topological polar surface area (TPSA) is 118 Å². The Morgan fingerprint density at radius 3 is 1.17 bits per heavy atom. The Labute approximate surface area is 97.0 Å². The zero-order valence-corrected chi connectivity index (χ0v) is 9.77. The van der Waals surface area contributed by atoms with Gasteiger partial charge in [0, 0.05) is 7.11 Å². The number of rotatable bonds is 5. The maximum Gasteiger partial charge on any atom is 0.434 e. The third kappa shape index (κ3) is 2.18. The third-order valence-corrected chi connectivity index (χ3v) is 3.50. The maximum absolute atomic E-state index is 13.3. The Kier molecular flexibility index (Phi) is 4.09. The van der Waals surface area contributed by atoms with Crippen molar-refractivity contribution in [3.8, 4) is 0 Å². The van der Waals surface area contributed by atoms with E-state index in [1.54, 1.807) is 0 Å². The highest BCUT2D eigenvalue weighted by molar-refractivity contribution is 7.88. The Morgan fingerprint density at radius 2 is 1.06 bits per heavy atom. The Morgan fingerprint density at radius 1 is 0.833 bits per heavy atom. The lowest BCUT2D eigenvalue weighted by Crippen LogP contribution is -2.64. The summed E-state index contributed by atoms with van der Waals surface area (Å²) in [4.78, 5) is 0. The summed E-state index contributed by atoms with van der Waals surface area (Å²) in [6.45, 7) is 0. The normalized spacial score (nSPS) is 15.8. The molecule has 14 heteroatoms. The van der Waals surface area contributed by atoms with Gasteiger partial charge in [0.1, 0.15) is 0 Å². The monoisotopic (exact) mass is 324 g/mol. The number of methoxy groups -OCH3 is 1. The molecule has 0 aromatic carbocycles. The smallest absolute Gasteiger partial charge is 0.338 e. The lowest BCUT2D eigenvalue weighted by Gasteiger charge is -2.33. The van der Waals surface area contributed by atoms with Crippen LogP contribution in [0.2, 0.25) is 0 Å². The standard InChI is InChI=1S/C4H5F5O7S2/c1-16-2(5,3(6,7)17(10,11)12)4(8,9)18(13,14)15/h1H3,(H,10,11,12)(H,13,14,15). The van der Waals surface area contributed by atoms with Crippen LogP contribution in [-0.4, -0.2) is 49.4 Å². The average Bonchev–Trinajstić information content (AvgIpc) is 2.12. The first kappa shape index (κ1) is 17.4. The van der Waals surface area contributed by atoms with Gasteiger partial charge in [-0.15, -0.1) is 0 Å². The number of ether oxygens (including phenoxy) is 1. The number of halogens is 5. The van der Waals surface area contributed by atoms with Crippen LogP contribution in [0.15, 0.2) is 0 Å². The largest absolute Gasteiger partial charge is 0.434 e. The minimum absolute atomic E-state index is 0.224. The molecule has 0 heterocycles. The summed E-state index contributed by atoms with van der Waals surface area (Å²) >= 11 is 0. The van der Waals surface area contributed by atoms with Crippen LogP contribution >= 0.6 is 0 Å². The van der Waals surface area contributed by atoms with Gasteiger partial charge in [-0.05, 0) is 0 Å². The molecule has 0 atom stereocenters. The highest BCUT2D eigenvalue weighted by Gasteiger charge is 2.81. The molecule has 0 amide bonds. The molecule has 2 N–H and O–H groups in total. The molecule has 0 saturated carbocycles. The van der Waals surface area contributed by atoms with Crippen LogP contribution in [0.4, 0.5) is 22.0 Å². The van der Waals surface area contributed by atoms with Gasteiger partial charge in [0.2, 0.25) is 0 Å². The quantitative estimate of drug-likeness (QED) is 0.550. The summed E-state index contributed by atoms with van der Waals surface area (Å²) < 4.78 is 124. The fourth-order valence-electron chi connectivity index (χ4n) is 0.739. The van der Waals surface area contributed by atoms with Gasteiger partial charge in [-0.2, -0.15) is 38.8 Å². The van der Waals surface area contributed by atoms with Gasteiger partial charge in [0.25, 0.3) is 0 Å². The molecule has 0 unspecified atom stereocenters. The first-order valence-electron chi connectivity index (χ1n) is 3.50. The summed E-state index contributed by atoms with van der Waals surface area (Å²) in [7, 11) is -13.8. The predicted octanol–water partition coefficient (Wildman–Crippen LogP) is 0.260. The van der Waals surface area contributed by atoms with E-state index in [2.05, 4.69) is 4.74 Å². The summed E-state index contributed by atoms with van der Waals surface area (Å²) in [5.74, 6) is -6.04. The van der Waals surface area contributed by atoms with E-state index in [1.807, 2.05) is 0 Å². The minimum Gasteiger partial charge on any atom is -0.338 e. The Bertz CT molecular complexity index is 478. The van der Waals surface area contributed by atoms with Gasteiger partial charge in [-0.3, -0.25) is 9.11 Å². The molecule has 0 aromatic heterocycles. The number of alkyl halides is 5. The second-order valence-electron chi connectivity index (χ2n) is 2.78. The second-order valence-corrected chi connectivity index (χ2v) is 5.71. The van der Waals surface area contributed by atoms with Crippen LogP contribution in [0.25, 0.3) is 0 Å². The molecule has 0 spiro atoms. The molecule has 0 radical (unpaired) electrons. The number of hydrogen-bond donors (Lipinski definition) is 2. The van der Waals surface area contributed by atoms with Gasteiger partial charge in [0.05, 0.1) is 0 Å². The summed E-state index contributed by atoms with van der Waals surface area (Å²) in [6.07, 6.45) is 0. The second kappa shape index (κ2) is 4.22. The van der Waals surface area contributed by atoms with Crippen LogP contribution in [0, 0.1) is 0 Å². The van der Waals surface area contributed by atoms with Crippen molar-refractivity contribution in [3.05, 3.63) is 0 Å². The van der Waals surface area contributed by atoms with Crippen molar-refractivity contribution in [1.82, 2.24) is 0 Å². The molecular formula is C4H5F5O7S2.